The molecular weight excluding hydrogens is 328 g/mol. The van der Waals surface area contributed by atoms with Crippen LogP contribution in [0.15, 0.2) is 42.5 Å². The van der Waals surface area contributed by atoms with Crippen LogP contribution in [0.2, 0.25) is 0 Å². The van der Waals surface area contributed by atoms with Crippen LogP contribution in [-0.4, -0.2) is 19.7 Å². The maximum atomic E-state index is 12.3. The number of methoxy groups -OCH3 is 1. The first-order valence-corrected chi connectivity index (χ1v) is 8.88. The highest BCUT2D eigenvalue weighted by Crippen LogP contribution is 2.25. The van der Waals surface area contributed by atoms with Gasteiger partial charge in [0.2, 0.25) is 0 Å². The van der Waals surface area contributed by atoms with E-state index in [1.165, 1.54) is 0 Å². The van der Waals surface area contributed by atoms with E-state index in [0.29, 0.717) is 19.8 Å². The molecule has 5 nitrogen and oxygen atoms in total. The van der Waals surface area contributed by atoms with Crippen LogP contribution >= 0.6 is 0 Å². The number of hydrogen-bond donors (Lipinski definition) is 2. The van der Waals surface area contributed by atoms with Gasteiger partial charge in [0.15, 0.2) is 0 Å². The summed E-state index contributed by atoms with van der Waals surface area (Å²) in [5.74, 6) is 0.769. The van der Waals surface area contributed by atoms with Crippen molar-refractivity contribution in [3.8, 4) is 5.75 Å². The molecule has 5 heteroatoms. The van der Waals surface area contributed by atoms with Crippen molar-refractivity contribution in [2.45, 2.75) is 40.0 Å². The van der Waals surface area contributed by atoms with Gasteiger partial charge in [0.1, 0.15) is 5.75 Å². The second kappa shape index (κ2) is 9.82. The van der Waals surface area contributed by atoms with E-state index < -0.39 is 0 Å². The molecule has 1 atom stereocenters. The number of benzene rings is 2. The summed E-state index contributed by atoms with van der Waals surface area (Å²) in [7, 11) is 1.64. The predicted molar refractivity (Wildman–Crippen MR) is 103 cm³/mol. The van der Waals surface area contributed by atoms with E-state index in [1.807, 2.05) is 63.2 Å². The average Bonchev–Trinajstić information content (AvgIpc) is 2.65. The van der Waals surface area contributed by atoms with Crippen molar-refractivity contribution in [2.24, 2.45) is 0 Å². The van der Waals surface area contributed by atoms with Gasteiger partial charge in [-0.3, -0.25) is 0 Å². The van der Waals surface area contributed by atoms with Crippen molar-refractivity contribution in [2.75, 3.05) is 13.7 Å². The van der Waals surface area contributed by atoms with Crippen molar-refractivity contribution < 1.29 is 14.3 Å². The molecule has 0 saturated carbocycles. The molecule has 1 unspecified atom stereocenters. The first kappa shape index (κ1) is 19.8. The van der Waals surface area contributed by atoms with Gasteiger partial charge in [0.25, 0.3) is 0 Å². The SMILES string of the molecule is CCOCc1ccccc1CNC(=O)NC(C)c1cc(C)ccc1OC. The Morgan fingerprint density at radius 3 is 2.58 bits per heavy atom. The van der Waals surface area contributed by atoms with Crippen LogP contribution in [0.25, 0.3) is 0 Å². The highest BCUT2D eigenvalue weighted by Gasteiger charge is 2.14. The van der Waals surface area contributed by atoms with Gasteiger partial charge < -0.3 is 20.1 Å². The number of carbonyl (C=O) groups is 1. The van der Waals surface area contributed by atoms with Crippen LogP contribution in [0.4, 0.5) is 4.79 Å². The number of urea groups is 1. The minimum atomic E-state index is -0.215. The fourth-order valence-electron chi connectivity index (χ4n) is 2.78. The molecule has 2 amide bonds. The maximum absolute atomic E-state index is 12.3. The third kappa shape index (κ3) is 5.49. The lowest BCUT2D eigenvalue weighted by molar-refractivity contribution is 0.133. The van der Waals surface area contributed by atoms with Gasteiger partial charge in [0, 0.05) is 18.7 Å². The molecule has 0 aliphatic heterocycles. The lowest BCUT2D eigenvalue weighted by Gasteiger charge is -2.19. The topological polar surface area (TPSA) is 59.6 Å². The maximum Gasteiger partial charge on any atom is 0.315 e. The predicted octanol–water partition coefficient (Wildman–Crippen LogP) is 4.10. The summed E-state index contributed by atoms with van der Waals surface area (Å²) in [5, 5.41) is 5.89. The smallest absolute Gasteiger partial charge is 0.315 e. The van der Waals surface area contributed by atoms with Crippen LogP contribution in [0.3, 0.4) is 0 Å². The van der Waals surface area contributed by atoms with E-state index in [2.05, 4.69) is 10.6 Å². The molecule has 2 aromatic carbocycles. The zero-order chi connectivity index (χ0) is 18.9. The number of ether oxygens (including phenoxy) is 2. The van der Waals surface area contributed by atoms with E-state index in [-0.39, 0.29) is 12.1 Å². The first-order valence-electron chi connectivity index (χ1n) is 8.88. The van der Waals surface area contributed by atoms with Crippen molar-refractivity contribution in [1.29, 1.82) is 0 Å². The molecule has 0 bridgehead atoms. The van der Waals surface area contributed by atoms with Crippen molar-refractivity contribution in [3.05, 3.63) is 64.7 Å². The molecular formula is C21H28N2O3. The Bertz CT molecular complexity index is 731. The fraction of sp³-hybridized carbons (Fsp3) is 0.381. The third-order valence-corrected chi connectivity index (χ3v) is 4.22. The molecule has 140 valence electrons. The molecule has 0 aliphatic carbocycles. The summed E-state index contributed by atoms with van der Waals surface area (Å²) in [6.07, 6.45) is 0. The molecule has 0 fully saturated rings. The lowest BCUT2D eigenvalue weighted by atomic mass is 10.0. The highest BCUT2D eigenvalue weighted by molar-refractivity contribution is 5.74. The Hall–Kier alpha value is -2.53. The normalized spacial score (nSPS) is 11.7. The van der Waals surface area contributed by atoms with Gasteiger partial charge in [-0.15, -0.1) is 0 Å². The first-order chi connectivity index (χ1) is 12.5. The van der Waals surface area contributed by atoms with Crippen molar-refractivity contribution >= 4 is 6.03 Å². The van der Waals surface area contributed by atoms with Gasteiger partial charge in [-0.1, -0.05) is 42.0 Å². The molecule has 0 radical (unpaired) electrons. The molecule has 2 N–H and O–H groups in total. The van der Waals surface area contributed by atoms with Crippen LogP contribution in [-0.2, 0) is 17.9 Å². The Labute approximate surface area is 155 Å². The van der Waals surface area contributed by atoms with E-state index in [0.717, 1.165) is 28.0 Å². The Balaban J connectivity index is 1.96. The third-order valence-electron chi connectivity index (χ3n) is 4.22. The quantitative estimate of drug-likeness (QED) is 0.749. The van der Waals surface area contributed by atoms with E-state index >= 15 is 0 Å². The molecule has 2 rings (SSSR count). The number of rotatable bonds is 8. The van der Waals surface area contributed by atoms with E-state index in [4.69, 9.17) is 9.47 Å². The molecule has 0 spiro atoms. The fourth-order valence-corrected chi connectivity index (χ4v) is 2.78. The molecule has 0 saturated heterocycles. The second-order valence-corrected chi connectivity index (χ2v) is 6.20. The molecule has 0 heterocycles. The van der Waals surface area contributed by atoms with Gasteiger partial charge >= 0.3 is 6.03 Å². The summed E-state index contributed by atoms with van der Waals surface area (Å²) < 4.78 is 10.9. The van der Waals surface area contributed by atoms with Gasteiger partial charge in [-0.2, -0.15) is 0 Å². The highest BCUT2D eigenvalue weighted by atomic mass is 16.5. The monoisotopic (exact) mass is 356 g/mol. The standard InChI is InChI=1S/C21H28N2O3/c1-5-26-14-18-9-7-6-8-17(18)13-22-21(24)23-16(3)19-12-15(2)10-11-20(19)25-4/h6-12,16H,5,13-14H2,1-4H3,(H2,22,23,24). The largest absolute Gasteiger partial charge is 0.496 e. The van der Waals surface area contributed by atoms with Gasteiger partial charge in [-0.25, -0.2) is 4.79 Å². The Morgan fingerprint density at radius 1 is 1.15 bits per heavy atom. The second-order valence-electron chi connectivity index (χ2n) is 6.20. The van der Waals surface area contributed by atoms with Crippen LogP contribution in [0, 0.1) is 6.92 Å². The number of nitrogens with one attached hydrogen (secondary N) is 2. The lowest BCUT2D eigenvalue weighted by Crippen LogP contribution is -2.37. The molecule has 0 aromatic heterocycles. The van der Waals surface area contributed by atoms with Crippen molar-refractivity contribution in [3.63, 3.8) is 0 Å². The summed E-state index contributed by atoms with van der Waals surface area (Å²) in [6.45, 7) is 7.60. The summed E-state index contributed by atoms with van der Waals surface area (Å²) in [4.78, 5) is 12.3. The van der Waals surface area contributed by atoms with Gasteiger partial charge in [0.05, 0.1) is 19.8 Å². The number of amides is 2. The summed E-state index contributed by atoms with van der Waals surface area (Å²) in [6, 6.07) is 13.5. The number of aryl methyl sites for hydroxylation is 1. The van der Waals surface area contributed by atoms with E-state index in [9.17, 15) is 4.79 Å². The zero-order valence-electron chi connectivity index (χ0n) is 16.0. The molecule has 26 heavy (non-hydrogen) atoms. The van der Waals surface area contributed by atoms with Crippen LogP contribution in [0.1, 0.15) is 42.1 Å². The van der Waals surface area contributed by atoms with Crippen molar-refractivity contribution in [1.82, 2.24) is 10.6 Å². The summed E-state index contributed by atoms with van der Waals surface area (Å²) in [5.41, 5.74) is 4.22. The van der Waals surface area contributed by atoms with Gasteiger partial charge in [-0.05, 0) is 38.0 Å². The molecule has 0 aliphatic rings. The minimum absolute atomic E-state index is 0.163. The Kier molecular flexibility index (Phi) is 7.48. The number of hydrogen-bond acceptors (Lipinski definition) is 3. The van der Waals surface area contributed by atoms with E-state index in [1.54, 1.807) is 7.11 Å². The van der Waals surface area contributed by atoms with Crippen LogP contribution in [0.5, 0.6) is 5.75 Å². The zero-order valence-corrected chi connectivity index (χ0v) is 16.0. The average molecular weight is 356 g/mol. The van der Waals surface area contributed by atoms with Crippen LogP contribution < -0.4 is 15.4 Å². The number of carbonyl (C=O) groups excluding carboxylic acids is 1. The summed E-state index contributed by atoms with van der Waals surface area (Å²) >= 11 is 0. The molecule has 2 aromatic rings. The minimum Gasteiger partial charge on any atom is -0.496 e. The Morgan fingerprint density at radius 2 is 1.88 bits per heavy atom.